The van der Waals surface area contributed by atoms with E-state index in [2.05, 4.69) is 0 Å². The normalized spacial score (nSPS) is 17.8. The molecule has 1 N–H and O–H groups in total. The number of aryl methyl sites for hydroxylation is 1. The van der Waals surface area contributed by atoms with Gasteiger partial charge in [0.2, 0.25) is 10.0 Å². The minimum Gasteiger partial charge on any atom is -0.481 e. The van der Waals surface area contributed by atoms with Crippen LogP contribution in [0.5, 0.6) is 5.75 Å². The molecule has 0 spiro atoms. The maximum absolute atomic E-state index is 13.1. The number of carbonyl (C=O) groups is 1. The molecule has 1 unspecified atom stereocenters. The Balaban J connectivity index is 1.64. The number of halogens is 3. The topological polar surface area (TPSA) is 83.9 Å². The molecule has 2 aromatic rings. The van der Waals surface area contributed by atoms with Gasteiger partial charge in [0.25, 0.3) is 0 Å². The van der Waals surface area contributed by atoms with E-state index in [1.807, 2.05) is 6.92 Å². The van der Waals surface area contributed by atoms with Crippen LogP contribution in [0.2, 0.25) is 0 Å². The Labute approximate surface area is 197 Å². The third-order valence-corrected chi connectivity index (χ3v) is 8.21. The number of benzene rings is 2. The van der Waals surface area contributed by atoms with E-state index in [9.17, 15) is 31.5 Å². The van der Waals surface area contributed by atoms with Crippen LogP contribution in [0.15, 0.2) is 53.4 Å². The van der Waals surface area contributed by atoms with Crippen LogP contribution in [-0.4, -0.2) is 55.6 Å². The lowest BCUT2D eigenvalue weighted by atomic mass is 9.74. The fourth-order valence-electron chi connectivity index (χ4n) is 3.87. The summed E-state index contributed by atoms with van der Waals surface area (Å²) in [4.78, 5) is 13.3. The van der Waals surface area contributed by atoms with E-state index in [-0.39, 0.29) is 48.8 Å². The number of aliphatic hydroxyl groups is 1. The molecule has 1 aliphatic heterocycles. The molecular weight excluding hydrogens is 471 g/mol. The van der Waals surface area contributed by atoms with Crippen LogP contribution < -0.4 is 4.74 Å². The van der Waals surface area contributed by atoms with Gasteiger partial charge in [-0.15, -0.1) is 0 Å². The van der Waals surface area contributed by atoms with Gasteiger partial charge in [-0.2, -0.15) is 17.5 Å². The zero-order valence-electron chi connectivity index (χ0n) is 19.0. The van der Waals surface area contributed by atoms with Crippen molar-refractivity contribution >= 4 is 15.8 Å². The minimum absolute atomic E-state index is 0.0274. The maximum atomic E-state index is 13.1. The average Bonchev–Trinajstić information content (AvgIpc) is 2.80. The summed E-state index contributed by atoms with van der Waals surface area (Å²) in [5.74, 6) is -0.202. The zero-order chi connectivity index (χ0) is 25.1. The molecule has 3 rings (SSSR count). The molecule has 1 saturated heterocycles. The van der Waals surface area contributed by atoms with Crippen molar-refractivity contribution in [2.24, 2.45) is 5.41 Å². The molecule has 0 saturated carbocycles. The molecule has 0 bridgehead atoms. The van der Waals surface area contributed by atoms with E-state index in [0.29, 0.717) is 5.56 Å². The molecule has 6 nitrogen and oxygen atoms in total. The second-order valence-electron chi connectivity index (χ2n) is 8.70. The number of hydrogen-bond acceptors (Lipinski definition) is 5. The maximum Gasteiger partial charge on any atom is 0.425 e. The van der Waals surface area contributed by atoms with Crippen molar-refractivity contribution in [3.63, 3.8) is 0 Å². The summed E-state index contributed by atoms with van der Waals surface area (Å²) >= 11 is 0. The monoisotopic (exact) mass is 499 g/mol. The Kier molecular flexibility index (Phi) is 7.74. The van der Waals surface area contributed by atoms with Gasteiger partial charge in [-0.05, 0) is 56.5 Å². The number of sulfonamides is 1. The van der Waals surface area contributed by atoms with Crippen LogP contribution in [-0.2, 0) is 21.2 Å². The summed E-state index contributed by atoms with van der Waals surface area (Å²) in [5.41, 5.74) is 0.440. The van der Waals surface area contributed by atoms with Gasteiger partial charge in [-0.1, -0.05) is 29.8 Å². The van der Waals surface area contributed by atoms with Crippen molar-refractivity contribution in [2.45, 2.75) is 50.3 Å². The first-order chi connectivity index (χ1) is 15.9. The Morgan fingerprint density at radius 2 is 1.65 bits per heavy atom. The van der Waals surface area contributed by atoms with E-state index >= 15 is 0 Å². The van der Waals surface area contributed by atoms with Crippen LogP contribution >= 0.6 is 0 Å². The third-order valence-electron chi connectivity index (χ3n) is 6.29. The largest absolute Gasteiger partial charge is 0.481 e. The quantitative estimate of drug-likeness (QED) is 0.596. The molecule has 1 atom stereocenters. The van der Waals surface area contributed by atoms with Crippen LogP contribution in [0.25, 0.3) is 0 Å². The third kappa shape index (κ3) is 5.79. The molecule has 0 radical (unpaired) electrons. The summed E-state index contributed by atoms with van der Waals surface area (Å²) in [6.45, 7) is 2.57. The molecule has 1 fully saturated rings. The fraction of sp³-hybridized carbons (Fsp3) is 0.458. The van der Waals surface area contributed by atoms with Crippen molar-refractivity contribution in [3.05, 3.63) is 59.7 Å². The van der Waals surface area contributed by atoms with Gasteiger partial charge in [-0.25, -0.2) is 8.42 Å². The molecule has 1 aliphatic rings. The lowest BCUT2D eigenvalue weighted by Gasteiger charge is -2.39. The van der Waals surface area contributed by atoms with Crippen molar-refractivity contribution in [2.75, 3.05) is 19.7 Å². The van der Waals surface area contributed by atoms with Crippen LogP contribution in [0, 0.1) is 12.3 Å². The minimum atomic E-state index is -4.48. The first-order valence-electron chi connectivity index (χ1n) is 10.9. The summed E-state index contributed by atoms with van der Waals surface area (Å²) in [7, 11) is -3.70. The second-order valence-corrected chi connectivity index (χ2v) is 10.6. The zero-order valence-corrected chi connectivity index (χ0v) is 19.8. The summed E-state index contributed by atoms with van der Waals surface area (Å²) < 4.78 is 70.0. The Bertz CT molecular complexity index is 1090. The van der Waals surface area contributed by atoms with E-state index in [1.54, 1.807) is 24.3 Å². The Hall–Kier alpha value is -2.43. The second kappa shape index (κ2) is 10.1. The number of ether oxygens (including phenoxy) is 1. The van der Waals surface area contributed by atoms with Gasteiger partial charge < -0.3 is 9.84 Å². The highest BCUT2D eigenvalue weighted by Gasteiger charge is 2.43. The Morgan fingerprint density at radius 3 is 2.15 bits per heavy atom. The Morgan fingerprint density at radius 1 is 1.09 bits per heavy atom. The summed E-state index contributed by atoms with van der Waals surface area (Å²) in [6.07, 6.45) is -6.11. The van der Waals surface area contributed by atoms with Crippen LogP contribution in [0.4, 0.5) is 13.2 Å². The smallest absolute Gasteiger partial charge is 0.425 e. The lowest BCUT2D eigenvalue weighted by Crippen LogP contribution is -2.48. The molecule has 34 heavy (non-hydrogen) atoms. The first kappa shape index (κ1) is 26.2. The van der Waals surface area contributed by atoms with Gasteiger partial charge >= 0.3 is 6.18 Å². The van der Waals surface area contributed by atoms with Crippen LogP contribution in [0.1, 0.15) is 30.9 Å². The SMILES string of the molecule is Cc1ccc(S(=O)(=O)N2CCC(CO)(C(=O)Cc3ccc(OC(C)C(F)(F)F)cc3)CC2)cc1. The van der Waals surface area contributed by atoms with Gasteiger partial charge in [-0.3, -0.25) is 4.79 Å². The molecule has 2 aromatic carbocycles. The number of nitrogens with zero attached hydrogens (tertiary/aromatic N) is 1. The predicted molar refractivity (Wildman–Crippen MR) is 120 cm³/mol. The number of alkyl halides is 3. The van der Waals surface area contributed by atoms with Crippen molar-refractivity contribution < 1.29 is 36.2 Å². The summed E-state index contributed by atoms with van der Waals surface area (Å²) in [6, 6.07) is 12.3. The van der Waals surface area contributed by atoms with Crippen LogP contribution in [0.3, 0.4) is 0 Å². The standard InChI is InChI=1S/C24H28F3NO5S/c1-17-3-9-21(10-4-17)34(31,32)28-13-11-23(16-29,12-14-28)22(30)15-19-5-7-20(8-6-19)33-18(2)24(25,26)27/h3-10,18,29H,11-16H2,1-2H3. The fourth-order valence-corrected chi connectivity index (χ4v) is 5.31. The number of hydrogen-bond donors (Lipinski definition) is 1. The number of aliphatic hydroxyl groups excluding tert-OH is 1. The number of ketones is 1. The number of carbonyl (C=O) groups excluding carboxylic acids is 1. The van der Waals surface area contributed by atoms with E-state index in [4.69, 9.17) is 4.74 Å². The van der Waals surface area contributed by atoms with Gasteiger partial charge in [0.15, 0.2) is 6.10 Å². The predicted octanol–water partition coefficient (Wildman–Crippen LogP) is 3.90. The van der Waals surface area contributed by atoms with E-state index in [1.165, 1.54) is 28.6 Å². The summed E-state index contributed by atoms with van der Waals surface area (Å²) in [5, 5.41) is 10.0. The number of piperidine rings is 1. The molecule has 10 heteroatoms. The number of Topliss-reactive ketones (excluding diaryl/α,β-unsaturated/α-hetero) is 1. The molecule has 0 aliphatic carbocycles. The highest BCUT2D eigenvalue weighted by Crippen LogP contribution is 2.35. The molecule has 0 aromatic heterocycles. The molecular formula is C24H28F3NO5S. The first-order valence-corrected chi connectivity index (χ1v) is 12.3. The highest BCUT2D eigenvalue weighted by molar-refractivity contribution is 7.89. The number of rotatable bonds is 8. The van der Waals surface area contributed by atoms with E-state index < -0.39 is 34.3 Å². The highest BCUT2D eigenvalue weighted by atomic mass is 32.2. The lowest BCUT2D eigenvalue weighted by molar-refractivity contribution is -0.189. The van der Waals surface area contributed by atoms with Crippen molar-refractivity contribution in [1.29, 1.82) is 0 Å². The van der Waals surface area contributed by atoms with E-state index in [0.717, 1.165) is 12.5 Å². The van der Waals surface area contributed by atoms with Gasteiger partial charge in [0, 0.05) is 19.5 Å². The van der Waals surface area contributed by atoms with Crippen molar-refractivity contribution in [1.82, 2.24) is 4.31 Å². The van der Waals surface area contributed by atoms with Gasteiger partial charge in [0.05, 0.1) is 16.9 Å². The average molecular weight is 500 g/mol. The van der Waals surface area contributed by atoms with Gasteiger partial charge in [0.1, 0.15) is 11.5 Å². The molecule has 0 amide bonds. The van der Waals surface area contributed by atoms with Crippen molar-refractivity contribution in [3.8, 4) is 5.75 Å². The molecule has 186 valence electrons. The molecule has 1 heterocycles.